The molecule has 2 aromatic heterocycles. The van der Waals surface area contributed by atoms with E-state index in [0.717, 1.165) is 22.9 Å². The van der Waals surface area contributed by atoms with Crippen LogP contribution in [0.2, 0.25) is 0 Å². The molecule has 0 bridgehead atoms. The largest absolute Gasteiger partial charge is 0.573 e. The van der Waals surface area contributed by atoms with Crippen LogP contribution in [0, 0.1) is 6.92 Å². The Balaban J connectivity index is 1.99. The highest BCUT2D eigenvalue weighted by molar-refractivity contribution is 5.77. The lowest BCUT2D eigenvalue weighted by Gasteiger charge is -2.30. The van der Waals surface area contributed by atoms with Crippen molar-refractivity contribution in [1.29, 1.82) is 0 Å². The van der Waals surface area contributed by atoms with Crippen molar-refractivity contribution in [2.45, 2.75) is 44.9 Å². The number of rotatable bonds is 4. The van der Waals surface area contributed by atoms with Gasteiger partial charge in [0.15, 0.2) is 11.3 Å². The van der Waals surface area contributed by atoms with Gasteiger partial charge in [-0.25, -0.2) is 14.1 Å². The molecule has 1 aliphatic rings. The molecule has 0 fully saturated rings. The minimum atomic E-state index is -4.87. The maximum absolute atomic E-state index is 15.4. The van der Waals surface area contributed by atoms with Gasteiger partial charge in [-0.1, -0.05) is 0 Å². The molecule has 2 heterocycles. The van der Waals surface area contributed by atoms with Crippen molar-refractivity contribution in [2.24, 2.45) is 0 Å². The van der Waals surface area contributed by atoms with Crippen molar-refractivity contribution in [3.63, 3.8) is 0 Å². The zero-order valence-electron chi connectivity index (χ0n) is 14.3. The number of hydrogen-bond donors (Lipinski definition) is 2. The number of H-pyrrole nitrogens is 1. The van der Waals surface area contributed by atoms with E-state index in [1.807, 2.05) is 0 Å². The first kappa shape index (κ1) is 19.1. The topological polar surface area (TPSA) is 93.0 Å². The van der Waals surface area contributed by atoms with E-state index in [1.54, 1.807) is 0 Å². The molecule has 0 aliphatic heterocycles. The molecule has 11 heteroatoms. The van der Waals surface area contributed by atoms with Gasteiger partial charge in [-0.05, 0) is 32.1 Å². The van der Waals surface area contributed by atoms with E-state index in [-0.39, 0.29) is 22.6 Å². The molecule has 146 valence electrons. The summed E-state index contributed by atoms with van der Waals surface area (Å²) in [6.07, 6.45) is -2.40. The normalized spacial score (nSPS) is 21.4. The Morgan fingerprint density at radius 3 is 2.74 bits per heavy atom. The average Bonchev–Trinajstić information content (AvgIpc) is 2.94. The molecule has 0 spiro atoms. The number of aliphatic hydroxyl groups excluding tert-OH is 1. The van der Waals surface area contributed by atoms with Gasteiger partial charge in [0.25, 0.3) is 5.56 Å². The van der Waals surface area contributed by atoms with Crippen molar-refractivity contribution in [1.82, 2.24) is 19.7 Å². The van der Waals surface area contributed by atoms with E-state index >= 15 is 4.39 Å². The molecule has 1 aliphatic carbocycles. The first-order valence-corrected chi connectivity index (χ1v) is 7.97. The lowest BCUT2D eigenvalue weighted by atomic mass is 9.90. The SMILES string of the molecule is Cc1nc2c(c(CO)nn2[C@H](C)C2(F)C=CC(OC(F)(F)F)=CC2)c(=O)[nH]1. The zero-order valence-corrected chi connectivity index (χ0v) is 14.3. The first-order valence-electron chi connectivity index (χ1n) is 7.97. The highest BCUT2D eigenvalue weighted by Gasteiger charge is 2.40. The van der Waals surface area contributed by atoms with E-state index in [4.69, 9.17) is 0 Å². The van der Waals surface area contributed by atoms with E-state index in [2.05, 4.69) is 19.8 Å². The number of fused-ring (bicyclic) bond motifs is 1. The summed E-state index contributed by atoms with van der Waals surface area (Å²) in [6.45, 7) is 2.44. The van der Waals surface area contributed by atoms with Gasteiger partial charge in [0.2, 0.25) is 0 Å². The fourth-order valence-corrected chi connectivity index (χ4v) is 2.94. The molecular formula is C16H16F4N4O3. The van der Waals surface area contributed by atoms with Crippen LogP contribution in [-0.4, -0.2) is 36.9 Å². The number of alkyl halides is 4. The summed E-state index contributed by atoms with van der Waals surface area (Å²) in [6, 6.07) is -1.02. The summed E-state index contributed by atoms with van der Waals surface area (Å²) >= 11 is 0. The molecule has 0 aromatic carbocycles. The fourth-order valence-electron chi connectivity index (χ4n) is 2.94. The van der Waals surface area contributed by atoms with Crippen LogP contribution in [0.1, 0.15) is 30.9 Å². The van der Waals surface area contributed by atoms with Gasteiger partial charge in [-0.15, -0.1) is 13.2 Å². The number of nitrogens with zero attached hydrogens (tertiary/aromatic N) is 3. The van der Waals surface area contributed by atoms with Crippen molar-refractivity contribution in [3.8, 4) is 0 Å². The predicted octanol–water partition coefficient (Wildman–Crippen LogP) is 2.57. The van der Waals surface area contributed by atoms with E-state index in [9.17, 15) is 23.1 Å². The van der Waals surface area contributed by atoms with Crippen LogP contribution < -0.4 is 5.56 Å². The van der Waals surface area contributed by atoms with Crippen LogP contribution in [0.25, 0.3) is 11.0 Å². The summed E-state index contributed by atoms with van der Waals surface area (Å²) in [5.74, 6) is -0.229. The number of halogens is 4. The van der Waals surface area contributed by atoms with Crippen LogP contribution in [0.5, 0.6) is 0 Å². The van der Waals surface area contributed by atoms with Gasteiger partial charge in [-0.2, -0.15) is 5.10 Å². The second kappa shape index (κ2) is 6.48. The maximum atomic E-state index is 15.4. The highest BCUT2D eigenvalue weighted by atomic mass is 19.4. The van der Waals surface area contributed by atoms with Crippen molar-refractivity contribution < 1.29 is 27.4 Å². The smallest absolute Gasteiger partial charge is 0.406 e. The number of ether oxygens (including phenoxy) is 1. The predicted molar refractivity (Wildman–Crippen MR) is 86.3 cm³/mol. The van der Waals surface area contributed by atoms with Crippen LogP contribution in [-0.2, 0) is 11.3 Å². The van der Waals surface area contributed by atoms with E-state index in [0.29, 0.717) is 0 Å². The van der Waals surface area contributed by atoms with Gasteiger partial charge < -0.3 is 14.8 Å². The molecule has 0 amide bonds. The van der Waals surface area contributed by atoms with Crippen LogP contribution in [0.15, 0.2) is 28.8 Å². The van der Waals surface area contributed by atoms with Crippen LogP contribution in [0.3, 0.4) is 0 Å². The molecule has 7 nitrogen and oxygen atoms in total. The molecule has 0 saturated carbocycles. The van der Waals surface area contributed by atoms with E-state index < -0.39 is 42.4 Å². The summed E-state index contributed by atoms with van der Waals surface area (Å²) in [5.41, 5.74) is -2.50. The third kappa shape index (κ3) is 3.59. The molecule has 0 saturated heterocycles. The molecule has 0 radical (unpaired) electrons. The van der Waals surface area contributed by atoms with Crippen LogP contribution in [0.4, 0.5) is 17.6 Å². The molecule has 2 N–H and O–H groups in total. The van der Waals surface area contributed by atoms with Crippen molar-refractivity contribution >= 4 is 11.0 Å². The Labute approximate surface area is 150 Å². The monoisotopic (exact) mass is 388 g/mol. The van der Waals surface area contributed by atoms with Gasteiger partial charge in [0.1, 0.15) is 22.7 Å². The minimum Gasteiger partial charge on any atom is -0.406 e. The van der Waals surface area contributed by atoms with Gasteiger partial charge >= 0.3 is 6.36 Å². The Bertz CT molecular complexity index is 992. The van der Waals surface area contributed by atoms with Gasteiger partial charge in [-0.3, -0.25) is 4.79 Å². The number of aromatic amines is 1. The first-order chi connectivity index (χ1) is 12.5. The standard InChI is InChI=1S/C16H16F4N4O3/c1-8(15(17)5-3-10(4-6-15)27-16(18,19)20)24-13-12(11(7-25)23-24)14(26)22-9(2)21-13/h3-5,8,25H,6-7H2,1-2H3,(H,21,22,26)/t8-,15?/m1/s1. The molecule has 3 rings (SSSR count). The van der Waals surface area contributed by atoms with Crippen LogP contribution >= 0.6 is 0 Å². The summed E-state index contributed by atoms with van der Waals surface area (Å²) in [4.78, 5) is 18.8. The summed E-state index contributed by atoms with van der Waals surface area (Å²) < 4.78 is 57.2. The van der Waals surface area contributed by atoms with E-state index in [1.165, 1.54) is 13.8 Å². The Morgan fingerprint density at radius 2 is 2.19 bits per heavy atom. The fraction of sp³-hybridized carbons (Fsp3) is 0.438. The molecule has 1 unspecified atom stereocenters. The molecule has 2 aromatic rings. The number of aryl methyl sites for hydroxylation is 1. The lowest BCUT2D eigenvalue weighted by Crippen LogP contribution is -2.33. The quantitative estimate of drug-likeness (QED) is 0.786. The summed E-state index contributed by atoms with van der Waals surface area (Å²) in [5, 5.41) is 13.6. The number of aliphatic hydroxyl groups is 1. The molecular weight excluding hydrogens is 372 g/mol. The van der Waals surface area contributed by atoms with Gasteiger partial charge in [0, 0.05) is 6.42 Å². The third-order valence-electron chi connectivity index (χ3n) is 4.34. The molecule has 27 heavy (non-hydrogen) atoms. The number of hydrogen-bond acceptors (Lipinski definition) is 5. The Hall–Kier alpha value is -2.69. The Kier molecular flexibility index (Phi) is 4.58. The second-order valence-corrected chi connectivity index (χ2v) is 6.19. The number of aromatic nitrogens is 4. The zero-order chi connectivity index (χ0) is 20.0. The third-order valence-corrected chi connectivity index (χ3v) is 4.34. The highest BCUT2D eigenvalue weighted by Crippen LogP contribution is 2.38. The van der Waals surface area contributed by atoms with Gasteiger partial charge in [0.05, 0.1) is 12.6 Å². The maximum Gasteiger partial charge on any atom is 0.573 e. The lowest BCUT2D eigenvalue weighted by molar-refractivity contribution is -0.303. The van der Waals surface area contributed by atoms with Crippen molar-refractivity contribution in [3.05, 3.63) is 45.9 Å². The van der Waals surface area contributed by atoms with Crippen molar-refractivity contribution in [2.75, 3.05) is 0 Å². The number of nitrogens with one attached hydrogen (secondary N) is 1. The Morgan fingerprint density at radius 1 is 1.48 bits per heavy atom. The number of allylic oxidation sites excluding steroid dienone is 3. The summed E-state index contributed by atoms with van der Waals surface area (Å²) in [7, 11) is 0. The minimum absolute atomic E-state index is 0.0330. The average molecular weight is 388 g/mol. The second-order valence-electron chi connectivity index (χ2n) is 6.19. The molecule has 2 atom stereocenters.